The molecule has 0 N–H and O–H groups in total. The second kappa shape index (κ2) is 5.70. The van der Waals surface area contributed by atoms with Crippen molar-refractivity contribution in [3.05, 3.63) is 29.8 Å². The van der Waals surface area contributed by atoms with Crippen molar-refractivity contribution < 1.29 is 4.79 Å². The lowest BCUT2D eigenvalue weighted by molar-refractivity contribution is -0.117. The Bertz CT molecular complexity index is 468. The van der Waals surface area contributed by atoms with Crippen LogP contribution in [-0.2, 0) is 4.79 Å². The van der Waals surface area contributed by atoms with Crippen LogP contribution in [0.5, 0.6) is 0 Å². The van der Waals surface area contributed by atoms with E-state index in [9.17, 15) is 4.79 Å². The van der Waals surface area contributed by atoms with Gasteiger partial charge in [0.05, 0.1) is 5.75 Å². The number of aryl methyl sites for hydroxylation is 1. The van der Waals surface area contributed by atoms with E-state index in [1.165, 1.54) is 36.1 Å². The Labute approximate surface area is 120 Å². The molecule has 102 valence electrons. The van der Waals surface area contributed by atoms with Gasteiger partial charge in [-0.15, -0.1) is 11.8 Å². The number of hydrogen-bond acceptors (Lipinski definition) is 2. The first kappa shape index (κ1) is 13.2. The van der Waals surface area contributed by atoms with Gasteiger partial charge in [0, 0.05) is 11.3 Å². The molecule has 2 heteroatoms. The average molecular weight is 274 g/mol. The number of rotatable bonds is 5. The minimum Gasteiger partial charge on any atom is -0.299 e. The van der Waals surface area contributed by atoms with Gasteiger partial charge in [-0.1, -0.05) is 24.1 Å². The van der Waals surface area contributed by atoms with E-state index in [2.05, 4.69) is 31.2 Å². The second-order valence-electron chi connectivity index (χ2n) is 6.28. The van der Waals surface area contributed by atoms with E-state index in [4.69, 9.17) is 0 Å². The maximum Gasteiger partial charge on any atom is 0.143 e. The van der Waals surface area contributed by atoms with Gasteiger partial charge in [0.2, 0.25) is 0 Å². The largest absolute Gasteiger partial charge is 0.299 e. The number of carbonyl (C=O) groups is 1. The van der Waals surface area contributed by atoms with Crippen LogP contribution in [0.1, 0.15) is 37.7 Å². The molecule has 2 aliphatic rings. The maximum absolute atomic E-state index is 12.1. The molecular weight excluding hydrogens is 252 g/mol. The molecule has 1 nitrogen and oxygen atoms in total. The van der Waals surface area contributed by atoms with Crippen LogP contribution in [0.2, 0.25) is 0 Å². The third kappa shape index (κ3) is 3.22. The lowest BCUT2D eigenvalue weighted by atomic mass is 9.85. The van der Waals surface area contributed by atoms with Crippen molar-refractivity contribution in [2.45, 2.75) is 43.9 Å². The Morgan fingerprint density at radius 1 is 1.32 bits per heavy atom. The number of thioether (sulfide) groups is 1. The van der Waals surface area contributed by atoms with Gasteiger partial charge < -0.3 is 0 Å². The molecule has 2 bridgehead atoms. The van der Waals surface area contributed by atoms with Crippen LogP contribution >= 0.6 is 11.8 Å². The topological polar surface area (TPSA) is 17.1 Å². The van der Waals surface area contributed by atoms with Crippen molar-refractivity contribution >= 4 is 17.5 Å². The summed E-state index contributed by atoms with van der Waals surface area (Å²) in [7, 11) is 0. The quantitative estimate of drug-likeness (QED) is 0.736. The summed E-state index contributed by atoms with van der Waals surface area (Å²) in [6.07, 6.45) is 6.37. The van der Waals surface area contributed by atoms with Crippen molar-refractivity contribution in [1.29, 1.82) is 0 Å². The van der Waals surface area contributed by atoms with E-state index < -0.39 is 0 Å². The van der Waals surface area contributed by atoms with E-state index in [-0.39, 0.29) is 0 Å². The van der Waals surface area contributed by atoms with Crippen molar-refractivity contribution in [2.75, 3.05) is 5.75 Å². The monoisotopic (exact) mass is 274 g/mol. The van der Waals surface area contributed by atoms with Crippen LogP contribution < -0.4 is 0 Å². The lowest BCUT2D eigenvalue weighted by Crippen LogP contribution is -2.16. The molecule has 2 aliphatic carbocycles. The van der Waals surface area contributed by atoms with Gasteiger partial charge in [-0.3, -0.25) is 4.79 Å². The van der Waals surface area contributed by atoms with Crippen LogP contribution in [0.3, 0.4) is 0 Å². The molecular formula is C17H22OS. The number of carbonyl (C=O) groups excluding carboxylic acids is 1. The first-order valence-corrected chi connectivity index (χ1v) is 8.40. The maximum atomic E-state index is 12.1. The molecule has 0 radical (unpaired) electrons. The zero-order valence-corrected chi connectivity index (χ0v) is 12.4. The first-order chi connectivity index (χ1) is 9.20. The fraction of sp³-hybridized carbons (Fsp3) is 0.588. The normalized spacial score (nSPS) is 28.8. The summed E-state index contributed by atoms with van der Waals surface area (Å²) in [5.74, 6) is 3.63. The Morgan fingerprint density at radius 2 is 2.21 bits per heavy atom. The highest BCUT2D eigenvalue weighted by Crippen LogP contribution is 2.49. The van der Waals surface area contributed by atoms with E-state index in [1.54, 1.807) is 11.8 Å². The standard InChI is InChI=1S/C17H22OS/c1-12-3-2-4-17(7-12)19-11-16(18)10-15-9-13-5-6-14(15)8-13/h2-4,7,13-15H,5-6,8-11H2,1H3. The van der Waals surface area contributed by atoms with Gasteiger partial charge in [0.15, 0.2) is 0 Å². The molecule has 2 fully saturated rings. The molecule has 19 heavy (non-hydrogen) atoms. The third-order valence-electron chi connectivity index (χ3n) is 4.76. The number of hydrogen-bond donors (Lipinski definition) is 0. The van der Waals surface area contributed by atoms with Gasteiger partial charge in [-0.05, 0) is 56.1 Å². The second-order valence-corrected chi connectivity index (χ2v) is 7.33. The SMILES string of the molecule is Cc1cccc(SCC(=O)CC2CC3CCC2C3)c1. The summed E-state index contributed by atoms with van der Waals surface area (Å²) in [6, 6.07) is 8.43. The number of ketones is 1. The number of benzene rings is 1. The highest BCUT2D eigenvalue weighted by molar-refractivity contribution is 8.00. The molecule has 3 atom stereocenters. The summed E-state index contributed by atoms with van der Waals surface area (Å²) in [5.41, 5.74) is 1.27. The molecule has 0 aromatic heterocycles. The van der Waals surface area contributed by atoms with Crippen molar-refractivity contribution in [3.63, 3.8) is 0 Å². The van der Waals surface area contributed by atoms with Crippen LogP contribution in [0.4, 0.5) is 0 Å². The van der Waals surface area contributed by atoms with E-state index in [0.717, 1.165) is 18.3 Å². The predicted octanol–water partition coefficient (Wildman–Crippen LogP) is 4.48. The molecule has 0 aliphatic heterocycles. The zero-order chi connectivity index (χ0) is 13.2. The lowest BCUT2D eigenvalue weighted by Gasteiger charge is -2.20. The van der Waals surface area contributed by atoms with Crippen LogP contribution in [-0.4, -0.2) is 11.5 Å². The van der Waals surface area contributed by atoms with Crippen LogP contribution in [0.25, 0.3) is 0 Å². The summed E-state index contributed by atoms with van der Waals surface area (Å²) in [4.78, 5) is 13.3. The fourth-order valence-electron chi connectivity index (χ4n) is 3.85. The van der Waals surface area contributed by atoms with Gasteiger partial charge >= 0.3 is 0 Å². The fourth-order valence-corrected chi connectivity index (χ4v) is 4.74. The van der Waals surface area contributed by atoms with Crippen LogP contribution in [0, 0.1) is 24.7 Å². The summed E-state index contributed by atoms with van der Waals surface area (Å²) >= 11 is 1.70. The molecule has 0 amide bonds. The summed E-state index contributed by atoms with van der Waals surface area (Å²) in [5, 5.41) is 0. The number of Topliss-reactive ketones (excluding diaryl/α,β-unsaturated/α-hetero) is 1. The van der Waals surface area contributed by atoms with Crippen LogP contribution in [0.15, 0.2) is 29.2 Å². The molecule has 1 aromatic carbocycles. The highest BCUT2D eigenvalue weighted by atomic mass is 32.2. The molecule has 3 unspecified atom stereocenters. The average Bonchev–Trinajstić information content (AvgIpc) is 2.99. The van der Waals surface area contributed by atoms with Crippen molar-refractivity contribution in [3.8, 4) is 0 Å². The smallest absolute Gasteiger partial charge is 0.143 e. The zero-order valence-electron chi connectivity index (χ0n) is 11.6. The van der Waals surface area contributed by atoms with Crippen molar-refractivity contribution in [2.24, 2.45) is 17.8 Å². The minimum atomic E-state index is 0.448. The van der Waals surface area contributed by atoms with E-state index >= 15 is 0 Å². The molecule has 0 saturated heterocycles. The Hall–Kier alpha value is -0.760. The molecule has 0 spiro atoms. The molecule has 3 rings (SSSR count). The minimum absolute atomic E-state index is 0.448. The summed E-state index contributed by atoms with van der Waals surface area (Å²) in [6.45, 7) is 2.10. The highest BCUT2D eigenvalue weighted by Gasteiger charge is 2.39. The summed E-state index contributed by atoms with van der Waals surface area (Å²) < 4.78 is 0. The number of fused-ring (bicyclic) bond motifs is 2. The van der Waals surface area contributed by atoms with Gasteiger partial charge in [0.25, 0.3) is 0 Å². The first-order valence-electron chi connectivity index (χ1n) is 7.42. The molecule has 1 aromatic rings. The third-order valence-corrected chi connectivity index (χ3v) is 5.82. The predicted molar refractivity (Wildman–Crippen MR) is 80.5 cm³/mol. The van der Waals surface area contributed by atoms with E-state index in [0.29, 0.717) is 17.5 Å². The van der Waals surface area contributed by atoms with Gasteiger partial charge in [-0.2, -0.15) is 0 Å². The molecule has 2 saturated carbocycles. The van der Waals surface area contributed by atoms with E-state index in [1.807, 2.05) is 0 Å². The van der Waals surface area contributed by atoms with Gasteiger partial charge in [0.1, 0.15) is 5.78 Å². The van der Waals surface area contributed by atoms with Gasteiger partial charge in [-0.25, -0.2) is 0 Å². The Balaban J connectivity index is 1.47. The Kier molecular flexibility index (Phi) is 3.97. The Morgan fingerprint density at radius 3 is 2.89 bits per heavy atom. The molecule has 0 heterocycles. The van der Waals surface area contributed by atoms with Crippen molar-refractivity contribution in [1.82, 2.24) is 0 Å².